The highest BCUT2D eigenvalue weighted by atomic mass is 32.2. The Labute approximate surface area is 93.8 Å². The molecule has 0 rings (SSSR count). The summed E-state index contributed by atoms with van der Waals surface area (Å²) < 4.78 is 0.451. The maximum absolute atomic E-state index is 3.55. The van der Waals surface area contributed by atoms with Crippen molar-refractivity contribution >= 4 is 11.8 Å². The molecule has 0 aromatic carbocycles. The van der Waals surface area contributed by atoms with E-state index in [1.165, 1.54) is 12.8 Å². The van der Waals surface area contributed by atoms with Gasteiger partial charge in [0.25, 0.3) is 0 Å². The summed E-state index contributed by atoms with van der Waals surface area (Å²) in [6.45, 7) is 7.92. The second-order valence-corrected chi connectivity index (χ2v) is 5.35. The molecule has 0 aliphatic heterocycles. The van der Waals surface area contributed by atoms with E-state index in [1.807, 2.05) is 11.8 Å². The molecule has 0 bridgehead atoms. The molecule has 1 N–H and O–H groups in total. The van der Waals surface area contributed by atoms with Crippen molar-refractivity contribution in [1.82, 2.24) is 10.2 Å². The SMILES string of the molecule is CCC(CC)(CNCCN(C)C)SC. The van der Waals surface area contributed by atoms with E-state index >= 15 is 0 Å². The van der Waals surface area contributed by atoms with Crippen LogP contribution < -0.4 is 5.32 Å². The van der Waals surface area contributed by atoms with Crippen molar-refractivity contribution in [3.63, 3.8) is 0 Å². The lowest BCUT2D eigenvalue weighted by Gasteiger charge is -2.30. The third-order valence-corrected chi connectivity index (χ3v) is 4.49. The predicted molar refractivity (Wildman–Crippen MR) is 68.3 cm³/mol. The largest absolute Gasteiger partial charge is 0.314 e. The van der Waals surface area contributed by atoms with E-state index in [9.17, 15) is 0 Å². The fourth-order valence-corrected chi connectivity index (χ4v) is 2.30. The maximum Gasteiger partial charge on any atom is 0.0276 e. The summed E-state index contributed by atoms with van der Waals surface area (Å²) in [6.07, 6.45) is 4.72. The average molecular weight is 218 g/mol. The molecule has 0 radical (unpaired) electrons. The van der Waals surface area contributed by atoms with Gasteiger partial charge < -0.3 is 10.2 Å². The third kappa shape index (κ3) is 5.23. The van der Waals surface area contributed by atoms with Crippen molar-refractivity contribution in [2.24, 2.45) is 0 Å². The summed E-state index contributed by atoms with van der Waals surface area (Å²) in [5.41, 5.74) is 0. The van der Waals surface area contributed by atoms with Gasteiger partial charge in [-0.2, -0.15) is 11.8 Å². The zero-order valence-electron chi connectivity index (χ0n) is 10.4. The van der Waals surface area contributed by atoms with Crippen LogP contribution in [0, 0.1) is 0 Å². The molecule has 14 heavy (non-hydrogen) atoms. The van der Waals surface area contributed by atoms with Crippen LogP contribution >= 0.6 is 11.8 Å². The van der Waals surface area contributed by atoms with Gasteiger partial charge in [-0.1, -0.05) is 13.8 Å². The van der Waals surface area contributed by atoms with E-state index in [0.717, 1.165) is 19.6 Å². The molecule has 0 amide bonds. The Bertz CT molecular complexity index is 125. The van der Waals surface area contributed by atoms with Gasteiger partial charge in [-0.05, 0) is 33.2 Å². The zero-order valence-corrected chi connectivity index (χ0v) is 11.2. The fraction of sp³-hybridized carbons (Fsp3) is 1.00. The predicted octanol–water partition coefficient (Wildman–Crippen LogP) is 2.06. The van der Waals surface area contributed by atoms with Crippen molar-refractivity contribution in [3.8, 4) is 0 Å². The molecule has 0 heterocycles. The fourth-order valence-electron chi connectivity index (χ4n) is 1.48. The van der Waals surface area contributed by atoms with Crippen LogP contribution in [-0.4, -0.2) is 49.6 Å². The molecule has 3 heteroatoms. The molecule has 0 aromatic heterocycles. The number of nitrogens with zero attached hydrogens (tertiary/aromatic N) is 1. The Balaban J connectivity index is 3.71. The number of likely N-dealkylation sites (N-methyl/N-ethyl adjacent to an activating group) is 1. The Hall–Kier alpha value is 0.270. The number of rotatable bonds is 8. The normalized spacial score (nSPS) is 12.4. The van der Waals surface area contributed by atoms with Gasteiger partial charge in [0, 0.05) is 24.4 Å². The first-order chi connectivity index (χ1) is 6.60. The van der Waals surface area contributed by atoms with E-state index in [-0.39, 0.29) is 0 Å². The lowest BCUT2D eigenvalue weighted by atomic mass is 10.0. The quantitative estimate of drug-likeness (QED) is 0.628. The van der Waals surface area contributed by atoms with E-state index in [2.05, 4.69) is 44.4 Å². The van der Waals surface area contributed by atoms with Crippen LogP contribution in [0.5, 0.6) is 0 Å². The minimum Gasteiger partial charge on any atom is -0.314 e. The maximum atomic E-state index is 3.55. The molecule has 86 valence electrons. The molecule has 2 nitrogen and oxygen atoms in total. The summed E-state index contributed by atoms with van der Waals surface area (Å²) in [7, 11) is 4.23. The first-order valence-corrected chi connectivity index (χ1v) is 6.73. The van der Waals surface area contributed by atoms with Crippen molar-refractivity contribution in [2.75, 3.05) is 40.0 Å². The van der Waals surface area contributed by atoms with Gasteiger partial charge in [-0.25, -0.2) is 0 Å². The van der Waals surface area contributed by atoms with Crippen LogP contribution in [0.1, 0.15) is 26.7 Å². The molecule has 0 spiro atoms. The van der Waals surface area contributed by atoms with Gasteiger partial charge in [0.15, 0.2) is 0 Å². The molecule has 0 saturated carbocycles. The second kappa shape index (κ2) is 7.55. The van der Waals surface area contributed by atoms with Gasteiger partial charge in [0.1, 0.15) is 0 Å². The molecule has 0 unspecified atom stereocenters. The smallest absolute Gasteiger partial charge is 0.0276 e. The van der Waals surface area contributed by atoms with E-state index < -0.39 is 0 Å². The number of nitrogens with one attached hydrogen (secondary N) is 1. The van der Waals surface area contributed by atoms with Crippen LogP contribution in [-0.2, 0) is 0 Å². The molecule has 0 aliphatic carbocycles. The second-order valence-electron chi connectivity index (χ2n) is 4.07. The summed E-state index contributed by atoms with van der Waals surface area (Å²) in [6, 6.07) is 0. The number of thioether (sulfide) groups is 1. The highest BCUT2D eigenvalue weighted by Gasteiger charge is 2.23. The monoisotopic (exact) mass is 218 g/mol. The Kier molecular flexibility index (Phi) is 7.69. The van der Waals surface area contributed by atoms with Crippen LogP contribution in [0.25, 0.3) is 0 Å². The standard InChI is InChI=1S/C11H26N2S/c1-6-11(7-2,14-5)10-12-8-9-13(3)4/h12H,6-10H2,1-5H3. The first-order valence-electron chi connectivity index (χ1n) is 5.51. The van der Waals surface area contributed by atoms with Gasteiger partial charge in [-0.15, -0.1) is 0 Å². The van der Waals surface area contributed by atoms with Crippen LogP contribution in [0.15, 0.2) is 0 Å². The molecule has 0 atom stereocenters. The molecule has 0 fully saturated rings. The van der Waals surface area contributed by atoms with Gasteiger partial charge in [0.2, 0.25) is 0 Å². The highest BCUT2D eigenvalue weighted by molar-refractivity contribution is 8.00. The Morgan fingerprint density at radius 1 is 1.21 bits per heavy atom. The van der Waals surface area contributed by atoms with Crippen LogP contribution in [0.2, 0.25) is 0 Å². The molecule has 0 aliphatic rings. The van der Waals surface area contributed by atoms with Crippen LogP contribution in [0.3, 0.4) is 0 Å². The minimum atomic E-state index is 0.451. The number of hydrogen-bond donors (Lipinski definition) is 1. The van der Waals surface area contributed by atoms with Gasteiger partial charge in [0.05, 0.1) is 0 Å². The lowest BCUT2D eigenvalue weighted by molar-refractivity contribution is 0.389. The summed E-state index contributed by atoms with van der Waals surface area (Å²) in [5.74, 6) is 0. The van der Waals surface area contributed by atoms with Crippen molar-refractivity contribution < 1.29 is 0 Å². The Morgan fingerprint density at radius 3 is 2.14 bits per heavy atom. The molecular formula is C11H26N2S. The minimum absolute atomic E-state index is 0.451. The molecule has 0 saturated heterocycles. The first kappa shape index (κ1) is 14.3. The van der Waals surface area contributed by atoms with E-state index in [0.29, 0.717) is 4.75 Å². The zero-order chi connectivity index (χ0) is 11.0. The highest BCUT2D eigenvalue weighted by Crippen LogP contribution is 2.29. The van der Waals surface area contributed by atoms with Crippen molar-refractivity contribution in [2.45, 2.75) is 31.4 Å². The van der Waals surface area contributed by atoms with Gasteiger partial charge >= 0.3 is 0 Å². The molecular weight excluding hydrogens is 192 g/mol. The Morgan fingerprint density at radius 2 is 1.79 bits per heavy atom. The summed E-state index contributed by atoms with van der Waals surface area (Å²) in [5, 5.41) is 3.55. The average Bonchev–Trinajstić information content (AvgIpc) is 2.19. The van der Waals surface area contributed by atoms with Crippen molar-refractivity contribution in [1.29, 1.82) is 0 Å². The topological polar surface area (TPSA) is 15.3 Å². The van der Waals surface area contributed by atoms with Gasteiger partial charge in [-0.3, -0.25) is 0 Å². The lowest BCUT2D eigenvalue weighted by Crippen LogP contribution is -2.39. The number of hydrogen-bond acceptors (Lipinski definition) is 3. The van der Waals surface area contributed by atoms with E-state index in [1.54, 1.807) is 0 Å². The van der Waals surface area contributed by atoms with Crippen LogP contribution in [0.4, 0.5) is 0 Å². The summed E-state index contributed by atoms with van der Waals surface area (Å²) >= 11 is 2.00. The van der Waals surface area contributed by atoms with E-state index in [4.69, 9.17) is 0 Å². The van der Waals surface area contributed by atoms with Crippen molar-refractivity contribution in [3.05, 3.63) is 0 Å². The molecule has 0 aromatic rings. The summed E-state index contributed by atoms with van der Waals surface area (Å²) in [4.78, 5) is 2.21. The third-order valence-electron chi connectivity index (χ3n) is 2.90.